The van der Waals surface area contributed by atoms with Crippen LogP contribution in [-0.4, -0.2) is 4.98 Å². The zero-order valence-electron chi connectivity index (χ0n) is 11.4. The van der Waals surface area contributed by atoms with Gasteiger partial charge in [-0.3, -0.25) is 4.98 Å². The Morgan fingerprint density at radius 2 is 1.52 bits per heavy atom. The molecule has 0 aliphatic heterocycles. The quantitative estimate of drug-likeness (QED) is 0.595. The highest BCUT2D eigenvalue weighted by molar-refractivity contribution is 6.30. The van der Waals surface area contributed by atoms with Crippen molar-refractivity contribution in [2.45, 2.75) is 0 Å². The average molecular weight is 292 g/mol. The average Bonchev–Trinajstić information content (AvgIpc) is 2.55. The fourth-order valence-electron chi connectivity index (χ4n) is 2.17. The summed E-state index contributed by atoms with van der Waals surface area (Å²) in [6.45, 7) is 0. The Kier molecular flexibility index (Phi) is 4.13. The molecule has 0 fully saturated rings. The van der Waals surface area contributed by atoms with E-state index in [1.807, 2.05) is 66.9 Å². The van der Waals surface area contributed by atoms with Gasteiger partial charge in [-0.2, -0.15) is 0 Å². The fourth-order valence-corrected chi connectivity index (χ4v) is 2.30. The Labute approximate surface area is 129 Å². The molecule has 0 N–H and O–H groups in total. The highest BCUT2D eigenvalue weighted by Gasteiger charge is 2.06. The lowest BCUT2D eigenvalue weighted by Crippen LogP contribution is -1.91. The number of halogens is 1. The molecule has 2 aromatic carbocycles. The highest BCUT2D eigenvalue weighted by atomic mass is 35.5. The summed E-state index contributed by atoms with van der Waals surface area (Å²) in [7, 11) is 0. The van der Waals surface area contributed by atoms with Gasteiger partial charge in [0.05, 0.1) is 5.69 Å². The first-order valence-electron chi connectivity index (χ1n) is 6.77. The van der Waals surface area contributed by atoms with Crippen molar-refractivity contribution in [2.75, 3.05) is 0 Å². The predicted octanol–water partition coefficient (Wildman–Crippen LogP) is 5.32. The van der Waals surface area contributed by atoms with E-state index in [2.05, 4.69) is 23.2 Å². The largest absolute Gasteiger partial charge is 0.256 e. The molecule has 0 saturated carbocycles. The molecular formula is C19H14ClN. The predicted molar refractivity (Wildman–Crippen MR) is 89.1 cm³/mol. The van der Waals surface area contributed by atoms with E-state index in [9.17, 15) is 0 Å². The third kappa shape index (κ3) is 3.39. The Morgan fingerprint density at radius 1 is 0.810 bits per heavy atom. The summed E-state index contributed by atoms with van der Waals surface area (Å²) >= 11 is 5.99. The second-order valence-corrected chi connectivity index (χ2v) is 5.13. The Hall–Kier alpha value is -2.38. The number of hydrogen-bond donors (Lipinski definition) is 0. The first kappa shape index (κ1) is 13.6. The van der Waals surface area contributed by atoms with Gasteiger partial charge in [0, 0.05) is 16.8 Å². The summed E-state index contributed by atoms with van der Waals surface area (Å²) in [5.74, 6) is 0. The Bertz CT molecular complexity index is 732. The maximum Gasteiger partial charge on any atom is 0.0708 e. The van der Waals surface area contributed by atoms with Crippen LogP contribution in [0.1, 0.15) is 16.8 Å². The Morgan fingerprint density at radius 3 is 2.19 bits per heavy atom. The minimum atomic E-state index is 0.735. The number of aromatic nitrogens is 1. The van der Waals surface area contributed by atoms with Crippen molar-refractivity contribution in [3.8, 4) is 0 Å². The van der Waals surface area contributed by atoms with Crippen molar-refractivity contribution < 1.29 is 0 Å². The number of hydrogen-bond acceptors (Lipinski definition) is 1. The third-order valence-electron chi connectivity index (χ3n) is 3.21. The van der Waals surface area contributed by atoms with Gasteiger partial charge in [0.1, 0.15) is 0 Å². The summed E-state index contributed by atoms with van der Waals surface area (Å²) in [6, 6.07) is 24.0. The van der Waals surface area contributed by atoms with E-state index in [0.29, 0.717) is 0 Å². The molecule has 0 aliphatic rings. The first-order chi connectivity index (χ1) is 10.3. The van der Waals surface area contributed by atoms with E-state index < -0.39 is 0 Å². The molecule has 102 valence electrons. The van der Waals surface area contributed by atoms with Gasteiger partial charge in [-0.15, -0.1) is 0 Å². The van der Waals surface area contributed by atoms with Crippen LogP contribution in [0.5, 0.6) is 0 Å². The zero-order chi connectivity index (χ0) is 14.5. The van der Waals surface area contributed by atoms with Gasteiger partial charge in [-0.25, -0.2) is 0 Å². The van der Waals surface area contributed by atoms with E-state index in [1.54, 1.807) is 0 Å². The van der Waals surface area contributed by atoms with Crippen LogP contribution in [0.25, 0.3) is 11.6 Å². The number of nitrogens with zero attached hydrogens (tertiary/aromatic N) is 1. The maximum absolute atomic E-state index is 5.99. The second kappa shape index (κ2) is 6.38. The summed E-state index contributed by atoms with van der Waals surface area (Å²) in [5, 5.41) is 0.735. The topological polar surface area (TPSA) is 12.9 Å². The number of benzene rings is 2. The lowest BCUT2D eigenvalue weighted by atomic mass is 9.99. The van der Waals surface area contributed by atoms with Gasteiger partial charge in [0.2, 0.25) is 0 Å². The molecule has 0 aliphatic carbocycles. The van der Waals surface area contributed by atoms with Gasteiger partial charge in [-0.05, 0) is 41.5 Å². The van der Waals surface area contributed by atoms with Crippen LogP contribution in [0.2, 0.25) is 5.02 Å². The molecule has 1 nitrogen and oxygen atoms in total. The summed E-state index contributed by atoms with van der Waals surface area (Å²) in [4.78, 5) is 4.47. The molecule has 0 bridgehead atoms. The molecule has 0 saturated heterocycles. The molecule has 0 spiro atoms. The molecule has 3 aromatic rings. The van der Waals surface area contributed by atoms with Gasteiger partial charge < -0.3 is 0 Å². The van der Waals surface area contributed by atoms with Crippen LogP contribution in [0.3, 0.4) is 0 Å². The van der Waals surface area contributed by atoms with Crippen LogP contribution in [0.4, 0.5) is 0 Å². The SMILES string of the molecule is Clc1ccc(/C(=C\c2ccccc2)c2ccccn2)cc1. The molecule has 1 heterocycles. The van der Waals surface area contributed by atoms with Crippen molar-refractivity contribution in [3.63, 3.8) is 0 Å². The van der Waals surface area contributed by atoms with E-state index in [1.165, 1.54) is 0 Å². The van der Waals surface area contributed by atoms with Crippen LogP contribution >= 0.6 is 11.6 Å². The first-order valence-corrected chi connectivity index (χ1v) is 7.15. The fraction of sp³-hybridized carbons (Fsp3) is 0. The molecule has 2 heteroatoms. The smallest absolute Gasteiger partial charge is 0.0708 e. The zero-order valence-corrected chi connectivity index (χ0v) is 12.2. The molecule has 21 heavy (non-hydrogen) atoms. The number of pyridine rings is 1. The van der Waals surface area contributed by atoms with Crippen molar-refractivity contribution in [2.24, 2.45) is 0 Å². The maximum atomic E-state index is 5.99. The van der Waals surface area contributed by atoms with Crippen molar-refractivity contribution in [3.05, 3.63) is 101 Å². The lowest BCUT2D eigenvalue weighted by Gasteiger charge is -2.08. The van der Waals surface area contributed by atoms with Crippen LogP contribution in [-0.2, 0) is 0 Å². The van der Waals surface area contributed by atoms with E-state index in [-0.39, 0.29) is 0 Å². The second-order valence-electron chi connectivity index (χ2n) is 4.69. The normalized spacial score (nSPS) is 11.4. The molecule has 1 aromatic heterocycles. The summed E-state index contributed by atoms with van der Waals surface area (Å²) in [6.07, 6.45) is 3.95. The van der Waals surface area contributed by atoms with Crippen LogP contribution < -0.4 is 0 Å². The standard InChI is InChI=1S/C19H14ClN/c20-17-11-9-16(10-12-17)18(19-8-4-5-13-21-19)14-15-6-2-1-3-7-15/h1-14H/b18-14+. The molecular weight excluding hydrogens is 278 g/mol. The summed E-state index contributed by atoms with van der Waals surface area (Å²) in [5.41, 5.74) is 4.28. The molecule has 3 rings (SSSR count). The van der Waals surface area contributed by atoms with Gasteiger partial charge in [-0.1, -0.05) is 60.1 Å². The molecule has 0 radical (unpaired) electrons. The van der Waals surface area contributed by atoms with Crippen molar-refractivity contribution in [1.82, 2.24) is 4.98 Å². The Balaban J connectivity index is 2.12. The highest BCUT2D eigenvalue weighted by Crippen LogP contribution is 2.25. The van der Waals surface area contributed by atoms with E-state index in [4.69, 9.17) is 11.6 Å². The lowest BCUT2D eigenvalue weighted by molar-refractivity contribution is 1.28. The minimum Gasteiger partial charge on any atom is -0.256 e. The van der Waals surface area contributed by atoms with Crippen molar-refractivity contribution in [1.29, 1.82) is 0 Å². The van der Waals surface area contributed by atoms with Crippen LogP contribution in [0, 0.1) is 0 Å². The number of rotatable bonds is 3. The van der Waals surface area contributed by atoms with E-state index >= 15 is 0 Å². The van der Waals surface area contributed by atoms with Gasteiger partial charge in [0.25, 0.3) is 0 Å². The van der Waals surface area contributed by atoms with E-state index in [0.717, 1.165) is 27.4 Å². The van der Waals surface area contributed by atoms with Crippen molar-refractivity contribution >= 4 is 23.3 Å². The third-order valence-corrected chi connectivity index (χ3v) is 3.46. The minimum absolute atomic E-state index is 0.735. The van der Waals surface area contributed by atoms with Crippen LogP contribution in [0.15, 0.2) is 79.0 Å². The monoisotopic (exact) mass is 291 g/mol. The van der Waals surface area contributed by atoms with Gasteiger partial charge in [0.15, 0.2) is 0 Å². The van der Waals surface area contributed by atoms with Gasteiger partial charge >= 0.3 is 0 Å². The summed E-state index contributed by atoms with van der Waals surface area (Å²) < 4.78 is 0. The molecule has 0 unspecified atom stereocenters. The molecule has 0 atom stereocenters. The molecule has 0 amide bonds.